The van der Waals surface area contributed by atoms with Crippen molar-refractivity contribution in [2.45, 2.75) is 25.8 Å². The Hall–Kier alpha value is -2.03. The third-order valence-electron chi connectivity index (χ3n) is 2.99. The number of hydrogen-bond donors (Lipinski definition) is 2. The molecule has 0 saturated heterocycles. The van der Waals surface area contributed by atoms with Crippen LogP contribution in [-0.4, -0.2) is 17.1 Å². The molecule has 2 aromatic carbocycles. The first kappa shape index (κ1) is 12.4. The minimum atomic E-state index is -0.801. The molecule has 2 N–H and O–H groups in total. The standard InChI is InChI=1S/C15H17NO2/c1-2-6-14(15(17)18)16-13-10-5-8-11-7-3-4-9-12(11)13/h3-5,7-10,14,16H,2,6H2,1H3,(H,17,18). The topological polar surface area (TPSA) is 49.3 Å². The van der Waals surface area contributed by atoms with E-state index in [0.717, 1.165) is 22.9 Å². The van der Waals surface area contributed by atoms with Gasteiger partial charge in [0.15, 0.2) is 0 Å². The summed E-state index contributed by atoms with van der Waals surface area (Å²) in [5.41, 5.74) is 0.883. The first-order valence-electron chi connectivity index (χ1n) is 6.19. The first-order chi connectivity index (χ1) is 8.72. The molecule has 0 aliphatic rings. The summed E-state index contributed by atoms with van der Waals surface area (Å²) in [6.45, 7) is 1.99. The van der Waals surface area contributed by atoms with E-state index < -0.39 is 12.0 Å². The molecule has 0 aliphatic heterocycles. The monoisotopic (exact) mass is 243 g/mol. The number of aliphatic carboxylic acids is 1. The van der Waals surface area contributed by atoms with Crippen LogP contribution in [0.3, 0.4) is 0 Å². The van der Waals surface area contributed by atoms with E-state index in [1.54, 1.807) is 0 Å². The molecule has 2 aromatic rings. The summed E-state index contributed by atoms with van der Waals surface area (Å²) in [4.78, 5) is 11.2. The molecule has 0 amide bonds. The van der Waals surface area contributed by atoms with Gasteiger partial charge in [-0.05, 0) is 17.9 Å². The average Bonchev–Trinajstić information content (AvgIpc) is 2.38. The quantitative estimate of drug-likeness (QED) is 0.845. The van der Waals surface area contributed by atoms with E-state index in [1.165, 1.54) is 0 Å². The summed E-state index contributed by atoms with van der Waals surface area (Å²) in [7, 11) is 0. The van der Waals surface area contributed by atoms with Gasteiger partial charge < -0.3 is 10.4 Å². The molecule has 0 fully saturated rings. The van der Waals surface area contributed by atoms with E-state index in [-0.39, 0.29) is 0 Å². The van der Waals surface area contributed by atoms with E-state index in [1.807, 2.05) is 49.4 Å². The second-order valence-corrected chi connectivity index (χ2v) is 4.35. The van der Waals surface area contributed by atoms with Crippen molar-refractivity contribution in [3.63, 3.8) is 0 Å². The van der Waals surface area contributed by atoms with Gasteiger partial charge in [0.25, 0.3) is 0 Å². The highest BCUT2D eigenvalue weighted by Crippen LogP contribution is 2.24. The maximum absolute atomic E-state index is 11.2. The lowest BCUT2D eigenvalue weighted by molar-refractivity contribution is -0.138. The molecule has 0 bridgehead atoms. The lowest BCUT2D eigenvalue weighted by Crippen LogP contribution is -2.28. The SMILES string of the molecule is CCCC(Nc1cccc2ccccc12)C(=O)O. The zero-order valence-electron chi connectivity index (χ0n) is 10.4. The number of carbonyl (C=O) groups is 1. The molecule has 3 heteroatoms. The maximum Gasteiger partial charge on any atom is 0.326 e. The summed E-state index contributed by atoms with van der Waals surface area (Å²) in [6, 6.07) is 13.3. The fraction of sp³-hybridized carbons (Fsp3) is 0.267. The second kappa shape index (κ2) is 5.54. The number of benzene rings is 2. The summed E-state index contributed by atoms with van der Waals surface area (Å²) in [5.74, 6) is -0.801. The van der Waals surface area contributed by atoms with Gasteiger partial charge in [0.1, 0.15) is 6.04 Å². The smallest absolute Gasteiger partial charge is 0.326 e. The van der Waals surface area contributed by atoms with Gasteiger partial charge >= 0.3 is 5.97 Å². The summed E-state index contributed by atoms with van der Waals surface area (Å²) in [6.07, 6.45) is 1.47. The van der Waals surface area contributed by atoms with Gasteiger partial charge in [-0.25, -0.2) is 4.79 Å². The highest BCUT2D eigenvalue weighted by atomic mass is 16.4. The van der Waals surface area contributed by atoms with Crippen molar-refractivity contribution in [1.29, 1.82) is 0 Å². The zero-order valence-corrected chi connectivity index (χ0v) is 10.4. The van der Waals surface area contributed by atoms with E-state index in [0.29, 0.717) is 6.42 Å². The molecule has 0 heterocycles. The molecule has 0 spiro atoms. The van der Waals surface area contributed by atoms with Crippen LogP contribution in [0.25, 0.3) is 10.8 Å². The van der Waals surface area contributed by atoms with Gasteiger partial charge in [0.2, 0.25) is 0 Å². The molecule has 0 saturated carbocycles. The van der Waals surface area contributed by atoms with Crippen LogP contribution in [-0.2, 0) is 4.79 Å². The first-order valence-corrected chi connectivity index (χ1v) is 6.19. The molecule has 0 aliphatic carbocycles. The second-order valence-electron chi connectivity index (χ2n) is 4.35. The molecule has 94 valence electrons. The highest BCUT2D eigenvalue weighted by Gasteiger charge is 2.16. The minimum Gasteiger partial charge on any atom is -0.480 e. The fourth-order valence-corrected chi connectivity index (χ4v) is 2.09. The third-order valence-corrected chi connectivity index (χ3v) is 2.99. The van der Waals surface area contributed by atoms with Crippen LogP contribution in [0.5, 0.6) is 0 Å². The van der Waals surface area contributed by atoms with Crippen molar-refractivity contribution < 1.29 is 9.90 Å². The Labute approximate surface area is 106 Å². The van der Waals surface area contributed by atoms with Crippen LogP contribution in [0, 0.1) is 0 Å². The Morgan fingerprint density at radius 2 is 1.94 bits per heavy atom. The highest BCUT2D eigenvalue weighted by molar-refractivity contribution is 5.95. The Bertz CT molecular complexity index is 546. The van der Waals surface area contributed by atoms with E-state index in [2.05, 4.69) is 5.32 Å². The van der Waals surface area contributed by atoms with Crippen molar-refractivity contribution in [2.75, 3.05) is 5.32 Å². The van der Waals surface area contributed by atoms with Gasteiger partial charge in [0, 0.05) is 11.1 Å². The summed E-state index contributed by atoms with van der Waals surface area (Å²) < 4.78 is 0. The van der Waals surface area contributed by atoms with E-state index >= 15 is 0 Å². The number of carboxylic acids is 1. The third kappa shape index (κ3) is 2.62. The number of rotatable bonds is 5. The minimum absolute atomic E-state index is 0.527. The molecule has 0 radical (unpaired) electrons. The van der Waals surface area contributed by atoms with Crippen molar-refractivity contribution in [3.05, 3.63) is 42.5 Å². The average molecular weight is 243 g/mol. The lowest BCUT2D eigenvalue weighted by Gasteiger charge is -2.16. The van der Waals surface area contributed by atoms with Crippen LogP contribution in [0.2, 0.25) is 0 Å². The molecular formula is C15H17NO2. The van der Waals surface area contributed by atoms with Crippen molar-refractivity contribution in [2.24, 2.45) is 0 Å². The van der Waals surface area contributed by atoms with Gasteiger partial charge in [0.05, 0.1) is 0 Å². The van der Waals surface area contributed by atoms with Crippen molar-refractivity contribution in [1.82, 2.24) is 0 Å². The molecule has 1 unspecified atom stereocenters. The molecule has 2 rings (SSSR count). The molecule has 0 aromatic heterocycles. The van der Waals surface area contributed by atoms with Crippen LogP contribution in [0.4, 0.5) is 5.69 Å². The molecule has 3 nitrogen and oxygen atoms in total. The Balaban J connectivity index is 2.33. The Morgan fingerprint density at radius 1 is 1.22 bits per heavy atom. The fourth-order valence-electron chi connectivity index (χ4n) is 2.09. The predicted octanol–water partition coefficient (Wildman–Crippen LogP) is 3.51. The van der Waals surface area contributed by atoms with Crippen LogP contribution < -0.4 is 5.32 Å². The number of fused-ring (bicyclic) bond motifs is 1. The van der Waals surface area contributed by atoms with Gasteiger partial charge in [-0.3, -0.25) is 0 Å². The molecule has 1 atom stereocenters. The zero-order chi connectivity index (χ0) is 13.0. The summed E-state index contributed by atoms with van der Waals surface area (Å²) >= 11 is 0. The van der Waals surface area contributed by atoms with Crippen LogP contribution in [0.15, 0.2) is 42.5 Å². The Kier molecular flexibility index (Phi) is 3.82. The van der Waals surface area contributed by atoms with Crippen LogP contribution >= 0.6 is 0 Å². The Morgan fingerprint density at radius 3 is 2.67 bits per heavy atom. The predicted molar refractivity (Wildman–Crippen MR) is 73.9 cm³/mol. The number of hydrogen-bond acceptors (Lipinski definition) is 2. The number of nitrogens with one attached hydrogen (secondary N) is 1. The van der Waals surface area contributed by atoms with Crippen molar-refractivity contribution in [3.8, 4) is 0 Å². The molecule has 18 heavy (non-hydrogen) atoms. The van der Waals surface area contributed by atoms with Crippen molar-refractivity contribution >= 4 is 22.4 Å². The molecular weight excluding hydrogens is 226 g/mol. The lowest BCUT2D eigenvalue weighted by atomic mass is 10.1. The largest absolute Gasteiger partial charge is 0.480 e. The van der Waals surface area contributed by atoms with E-state index in [9.17, 15) is 9.90 Å². The van der Waals surface area contributed by atoms with Gasteiger partial charge in [-0.2, -0.15) is 0 Å². The maximum atomic E-state index is 11.2. The van der Waals surface area contributed by atoms with Crippen LogP contribution in [0.1, 0.15) is 19.8 Å². The van der Waals surface area contributed by atoms with Gasteiger partial charge in [-0.1, -0.05) is 49.7 Å². The van der Waals surface area contributed by atoms with E-state index in [4.69, 9.17) is 0 Å². The number of anilines is 1. The normalized spacial score (nSPS) is 12.3. The number of carboxylic acid groups (broad SMARTS) is 1. The van der Waals surface area contributed by atoms with Gasteiger partial charge in [-0.15, -0.1) is 0 Å². The summed E-state index contributed by atoms with van der Waals surface area (Å²) in [5, 5.41) is 14.5.